The van der Waals surface area contributed by atoms with E-state index in [4.69, 9.17) is 5.73 Å². The Kier molecular flexibility index (Phi) is 6.00. The van der Waals surface area contributed by atoms with Gasteiger partial charge in [-0.25, -0.2) is 24.5 Å². The number of nitrogens with zero attached hydrogens (tertiary/aromatic N) is 6. The number of rotatable bonds is 6. The maximum Gasteiger partial charge on any atom is 0.277 e. The first kappa shape index (κ1) is 21.7. The molecule has 5 N–H and O–H groups in total. The van der Waals surface area contributed by atoms with Crippen LogP contribution in [-0.4, -0.2) is 47.5 Å². The quantitative estimate of drug-likeness (QED) is 0.342. The van der Waals surface area contributed by atoms with Crippen LogP contribution in [0.15, 0.2) is 49.2 Å². The molecule has 0 spiro atoms. The maximum absolute atomic E-state index is 13.0. The summed E-state index contributed by atoms with van der Waals surface area (Å²) in [6.45, 7) is 1.98. The van der Waals surface area contributed by atoms with Crippen LogP contribution in [0.4, 0.5) is 23.1 Å². The van der Waals surface area contributed by atoms with Crippen molar-refractivity contribution in [2.45, 2.75) is 44.7 Å². The van der Waals surface area contributed by atoms with Gasteiger partial charge in [-0.15, -0.1) is 5.10 Å². The molecule has 1 aliphatic rings. The Morgan fingerprint density at radius 1 is 1.03 bits per heavy atom. The summed E-state index contributed by atoms with van der Waals surface area (Å²) in [5, 5.41) is 14.3. The predicted octanol–water partition coefficient (Wildman–Crippen LogP) is 2.90. The molecule has 0 aromatic carbocycles. The second-order valence-corrected chi connectivity index (χ2v) is 8.47. The van der Waals surface area contributed by atoms with Crippen molar-refractivity contribution in [3.63, 3.8) is 0 Å². The second-order valence-electron chi connectivity index (χ2n) is 8.47. The minimum atomic E-state index is -0.376. The fraction of sp³-hybridized carbons (Fsp3) is 0.304. The van der Waals surface area contributed by atoms with Crippen molar-refractivity contribution in [1.29, 1.82) is 0 Å². The van der Waals surface area contributed by atoms with Gasteiger partial charge < -0.3 is 21.7 Å². The van der Waals surface area contributed by atoms with Crippen molar-refractivity contribution >= 4 is 34.7 Å². The number of hydrogen-bond acceptors (Lipinski definition) is 9. The monoisotopic (exact) mass is 458 g/mol. The summed E-state index contributed by atoms with van der Waals surface area (Å²) in [4.78, 5) is 29.8. The van der Waals surface area contributed by atoms with Gasteiger partial charge in [-0.05, 0) is 50.3 Å². The van der Waals surface area contributed by atoms with Gasteiger partial charge in [0.05, 0.1) is 11.9 Å². The van der Waals surface area contributed by atoms with Crippen molar-refractivity contribution in [3.8, 4) is 0 Å². The standard InChI is InChI=1S/C23H26N10O/c1-14-2-7-19(26-11-14)30-17-10-21(29-16-5-3-15(24)4-6-16)32-33-18(12-27-22(17)33)23(34)31-20-8-9-25-13-28-20/h2,7-13,15-16H,3-6,24H2,1H3,(H,26,30)(H,29,32)(H,25,28,31,34). The van der Waals surface area contributed by atoms with E-state index in [1.807, 2.05) is 25.1 Å². The molecule has 0 atom stereocenters. The highest BCUT2D eigenvalue weighted by atomic mass is 16.2. The number of hydrogen-bond donors (Lipinski definition) is 4. The Bertz CT molecular complexity index is 1280. The highest BCUT2D eigenvalue weighted by Crippen LogP contribution is 2.26. The first-order valence-electron chi connectivity index (χ1n) is 11.2. The number of nitrogens with one attached hydrogen (secondary N) is 3. The van der Waals surface area contributed by atoms with Crippen molar-refractivity contribution in [2.75, 3.05) is 16.0 Å². The molecule has 0 saturated heterocycles. The van der Waals surface area contributed by atoms with Crippen LogP contribution in [0.25, 0.3) is 5.65 Å². The van der Waals surface area contributed by atoms with Gasteiger partial charge in [-0.1, -0.05) is 6.07 Å². The van der Waals surface area contributed by atoms with Gasteiger partial charge in [0.2, 0.25) is 0 Å². The molecule has 174 valence electrons. The summed E-state index contributed by atoms with van der Waals surface area (Å²) < 4.78 is 1.53. The van der Waals surface area contributed by atoms with E-state index in [2.05, 4.69) is 41.0 Å². The lowest BCUT2D eigenvalue weighted by Crippen LogP contribution is -2.33. The molecule has 1 amide bonds. The van der Waals surface area contributed by atoms with Crippen molar-refractivity contribution in [3.05, 3.63) is 60.4 Å². The molecule has 0 unspecified atom stereocenters. The lowest BCUT2D eigenvalue weighted by atomic mass is 9.92. The zero-order chi connectivity index (χ0) is 23.5. The Hall–Kier alpha value is -4.12. The van der Waals surface area contributed by atoms with Crippen molar-refractivity contribution < 1.29 is 4.79 Å². The van der Waals surface area contributed by atoms with E-state index < -0.39 is 0 Å². The zero-order valence-corrected chi connectivity index (χ0v) is 18.8. The van der Waals surface area contributed by atoms with Crippen molar-refractivity contribution in [2.24, 2.45) is 5.73 Å². The molecule has 4 aromatic heterocycles. The molecule has 1 aliphatic carbocycles. The van der Waals surface area contributed by atoms with Gasteiger partial charge in [0.1, 0.15) is 23.8 Å². The van der Waals surface area contributed by atoms with Crippen LogP contribution in [-0.2, 0) is 0 Å². The topological polar surface area (TPSA) is 148 Å². The summed E-state index contributed by atoms with van der Waals surface area (Å²) in [5.41, 5.74) is 8.59. The SMILES string of the molecule is Cc1ccc(Nc2cc(NC3CCC(N)CC3)nn3c(C(=O)Nc4ccncn4)cnc23)nc1. The van der Waals surface area contributed by atoms with Crippen LogP contribution in [0.3, 0.4) is 0 Å². The average molecular weight is 459 g/mol. The normalized spacial score (nSPS) is 17.9. The summed E-state index contributed by atoms with van der Waals surface area (Å²) in [6.07, 6.45) is 10.1. The third kappa shape index (κ3) is 4.79. The maximum atomic E-state index is 13.0. The lowest BCUT2D eigenvalue weighted by Gasteiger charge is -2.27. The Balaban J connectivity index is 1.49. The second kappa shape index (κ2) is 9.40. The molecule has 5 rings (SSSR count). The third-order valence-electron chi connectivity index (χ3n) is 5.82. The highest BCUT2D eigenvalue weighted by molar-refractivity contribution is 6.03. The smallest absolute Gasteiger partial charge is 0.277 e. The molecular weight excluding hydrogens is 432 g/mol. The molecule has 4 heterocycles. The first-order chi connectivity index (χ1) is 16.5. The van der Waals surface area contributed by atoms with Crippen LogP contribution in [0, 0.1) is 6.92 Å². The number of aromatic nitrogens is 6. The number of aryl methyl sites for hydroxylation is 1. The van der Waals surface area contributed by atoms with Crippen LogP contribution in [0.2, 0.25) is 0 Å². The van der Waals surface area contributed by atoms with E-state index in [1.165, 1.54) is 17.0 Å². The molecule has 11 heteroatoms. The highest BCUT2D eigenvalue weighted by Gasteiger charge is 2.21. The van der Waals surface area contributed by atoms with E-state index in [0.717, 1.165) is 31.2 Å². The van der Waals surface area contributed by atoms with Gasteiger partial charge in [0.25, 0.3) is 5.91 Å². The summed E-state index contributed by atoms with van der Waals surface area (Å²) in [5.74, 6) is 1.32. The number of nitrogens with two attached hydrogens (primary N) is 1. The predicted molar refractivity (Wildman–Crippen MR) is 129 cm³/mol. The molecule has 1 fully saturated rings. The molecular formula is C23H26N10O. The fourth-order valence-corrected chi connectivity index (χ4v) is 3.98. The largest absolute Gasteiger partial charge is 0.366 e. The molecule has 0 bridgehead atoms. The number of carbonyl (C=O) groups is 1. The third-order valence-corrected chi connectivity index (χ3v) is 5.82. The van der Waals surface area contributed by atoms with Crippen LogP contribution in [0.1, 0.15) is 41.7 Å². The Labute approximate surface area is 196 Å². The number of imidazole rings is 1. The Morgan fingerprint density at radius 3 is 2.62 bits per heavy atom. The van der Waals surface area contributed by atoms with E-state index in [0.29, 0.717) is 28.8 Å². The van der Waals surface area contributed by atoms with Crippen LogP contribution < -0.4 is 21.7 Å². The van der Waals surface area contributed by atoms with Crippen LogP contribution in [0.5, 0.6) is 0 Å². The summed E-state index contributed by atoms with van der Waals surface area (Å²) in [6, 6.07) is 7.90. The minimum Gasteiger partial charge on any atom is -0.366 e. The minimum absolute atomic E-state index is 0.254. The average Bonchev–Trinajstić information content (AvgIpc) is 3.27. The number of amides is 1. The number of pyridine rings is 1. The van der Waals surface area contributed by atoms with Gasteiger partial charge in [-0.2, -0.15) is 0 Å². The van der Waals surface area contributed by atoms with Crippen molar-refractivity contribution in [1.82, 2.24) is 29.5 Å². The first-order valence-corrected chi connectivity index (χ1v) is 11.2. The van der Waals surface area contributed by atoms with Gasteiger partial charge in [-0.3, -0.25) is 4.79 Å². The fourth-order valence-electron chi connectivity index (χ4n) is 3.98. The van der Waals surface area contributed by atoms with E-state index in [-0.39, 0.29) is 23.7 Å². The molecule has 4 aromatic rings. The lowest BCUT2D eigenvalue weighted by molar-refractivity contribution is 0.102. The van der Waals surface area contributed by atoms with E-state index in [1.54, 1.807) is 18.5 Å². The van der Waals surface area contributed by atoms with E-state index in [9.17, 15) is 4.79 Å². The number of fused-ring (bicyclic) bond motifs is 1. The Morgan fingerprint density at radius 2 is 1.88 bits per heavy atom. The van der Waals surface area contributed by atoms with E-state index >= 15 is 0 Å². The molecule has 0 radical (unpaired) electrons. The number of carbonyl (C=O) groups excluding carboxylic acids is 1. The molecule has 11 nitrogen and oxygen atoms in total. The molecule has 0 aliphatic heterocycles. The van der Waals surface area contributed by atoms with Gasteiger partial charge in [0, 0.05) is 30.5 Å². The van der Waals surface area contributed by atoms with Crippen LogP contribution >= 0.6 is 0 Å². The van der Waals surface area contributed by atoms with Gasteiger partial charge in [0.15, 0.2) is 11.3 Å². The number of anilines is 4. The molecule has 1 saturated carbocycles. The van der Waals surface area contributed by atoms with Gasteiger partial charge >= 0.3 is 0 Å². The summed E-state index contributed by atoms with van der Waals surface area (Å²) >= 11 is 0. The zero-order valence-electron chi connectivity index (χ0n) is 18.8. The molecule has 34 heavy (non-hydrogen) atoms. The summed E-state index contributed by atoms with van der Waals surface area (Å²) in [7, 11) is 0.